The van der Waals surface area contributed by atoms with Crippen molar-refractivity contribution in [2.24, 2.45) is 0 Å². The van der Waals surface area contributed by atoms with Gasteiger partial charge in [0, 0.05) is 16.7 Å². The zero-order chi connectivity index (χ0) is 11.7. The van der Waals surface area contributed by atoms with E-state index in [2.05, 4.69) is 20.9 Å². The van der Waals surface area contributed by atoms with Gasteiger partial charge in [-0.2, -0.15) is 13.2 Å². The fraction of sp³-hybridized carbons (Fsp3) is 0.444. The summed E-state index contributed by atoms with van der Waals surface area (Å²) >= 11 is 3.12. The van der Waals surface area contributed by atoms with E-state index in [0.29, 0.717) is 4.47 Å². The second-order valence-electron chi connectivity index (χ2n) is 3.42. The molecule has 0 saturated heterocycles. The van der Waals surface area contributed by atoms with Crippen molar-refractivity contribution in [2.45, 2.75) is 25.6 Å². The lowest BCUT2D eigenvalue weighted by Gasteiger charge is -2.27. The average Bonchev–Trinajstić information content (AvgIpc) is 2.06. The van der Waals surface area contributed by atoms with Crippen LogP contribution in [0.25, 0.3) is 0 Å². The number of rotatable bonds is 2. The maximum absolute atomic E-state index is 12.4. The second kappa shape index (κ2) is 4.00. The van der Waals surface area contributed by atoms with E-state index in [1.807, 2.05) is 0 Å². The van der Waals surface area contributed by atoms with Gasteiger partial charge in [-0.25, -0.2) is 4.98 Å². The van der Waals surface area contributed by atoms with Crippen LogP contribution in [-0.4, -0.2) is 16.8 Å². The first kappa shape index (κ1) is 12.3. The summed E-state index contributed by atoms with van der Waals surface area (Å²) in [5.74, 6) is -0.0551. The average molecular weight is 284 g/mol. The molecule has 0 radical (unpaired) electrons. The van der Waals surface area contributed by atoms with Crippen LogP contribution in [0.3, 0.4) is 0 Å². The van der Waals surface area contributed by atoms with Gasteiger partial charge < -0.3 is 4.74 Å². The van der Waals surface area contributed by atoms with Crippen LogP contribution >= 0.6 is 15.9 Å². The van der Waals surface area contributed by atoms with Gasteiger partial charge in [0.25, 0.3) is 0 Å². The molecule has 0 aromatic carbocycles. The van der Waals surface area contributed by atoms with Crippen molar-refractivity contribution in [3.63, 3.8) is 0 Å². The third kappa shape index (κ3) is 3.09. The van der Waals surface area contributed by atoms with Crippen LogP contribution in [0.15, 0.2) is 22.8 Å². The Labute approximate surface area is 93.6 Å². The lowest BCUT2D eigenvalue weighted by Crippen LogP contribution is -2.44. The van der Waals surface area contributed by atoms with Gasteiger partial charge in [0.2, 0.25) is 5.88 Å². The van der Waals surface area contributed by atoms with Gasteiger partial charge in [-0.1, -0.05) is 0 Å². The molecular weight excluding hydrogens is 275 g/mol. The summed E-state index contributed by atoms with van der Waals surface area (Å²) in [5.41, 5.74) is -2.24. The molecule has 6 heteroatoms. The SMILES string of the molecule is CC(C)(Oc1ccc(Br)cn1)C(F)(F)F. The van der Waals surface area contributed by atoms with Gasteiger partial charge in [0.05, 0.1) is 0 Å². The summed E-state index contributed by atoms with van der Waals surface area (Å²) in [6, 6.07) is 2.94. The van der Waals surface area contributed by atoms with Crippen molar-refractivity contribution in [3.05, 3.63) is 22.8 Å². The molecule has 0 saturated carbocycles. The van der Waals surface area contributed by atoms with Crippen LogP contribution in [-0.2, 0) is 0 Å². The Morgan fingerprint density at radius 1 is 1.27 bits per heavy atom. The van der Waals surface area contributed by atoms with E-state index in [-0.39, 0.29) is 5.88 Å². The zero-order valence-corrected chi connectivity index (χ0v) is 9.69. The highest BCUT2D eigenvalue weighted by molar-refractivity contribution is 9.10. The van der Waals surface area contributed by atoms with Gasteiger partial charge >= 0.3 is 6.18 Å². The van der Waals surface area contributed by atoms with E-state index in [9.17, 15) is 13.2 Å². The minimum atomic E-state index is -4.43. The number of aromatic nitrogens is 1. The first-order valence-corrected chi connectivity index (χ1v) is 4.89. The van der Waals surface area contributed by atoms with Crippen molar-refractivity contribution < 1.29 is 17.9 Å². The molecule has 0 amide bonds. The Morgan fingerprint density at radius 2 is 1.87 bits per heavy atom. The van der Waals surface area contributed by atoms with Crippen LogP contribution in [0.5, 0.6) is 5.88 Å². The molecule has 0 N–H and O–H groups in total. The summed E-state index contributed by atoms with van der Waals surface area (Å²) < 4.78 is 42.8. The smallest absolute Gasteiger partial charge is 0.427 e. The lowest BCUT2D eigenvalue weighted by molar-refractivity contribution is -0.235. The highest BCUT2D eigenvalue weighted by atomic mass is 79.9. The summed E-state index contributed by atoms with van der Waals surface area (Å²) in [6.45, 7) is 1.91. The minimum absolute atomic E-state index is 0.0551. The molecule has 2 nitrogen and oxygen atoms in total. The Hall–Kier alpha value is -0.780. The standard InChI is InChI=1S/C9H9BrF3NO/c1-8(2,9(11,12)13)15-7-4-3-6(10)5-14-7/h3-5H,1-2H3. The van der Waals surface area contributed by atoms with Gasteiger partial charge in [0.15, 0.2) is 5.60 Å². The summed E-state index contributed by atoms with van der Waals surface area (Å²) in [7, 11) is 0. The van der Waals surface area contributed by atoms with Crippen LogP contribution in [0.2, 0.25) is 0 Å². The zero-order valence-electron chi connectivity index (χ0n) is 8.10. The van der Waals surface area contributed by atoms with E-state index in [1.54, 1.807) is 6.07 Å². The summed E-state index contributed by atoms with van der Waals surface area (Å²) in [6.07, 6.45) is -3.05. The first-order chi connectivity index (χ1) is 6.72. The predicted molar refractivity (Wildman–Crippen MR) is 52.7 cm³/mol. The van der Waals surface area contributed by atoms with Gasteiger partial charge in [-0.05, 0) is 35.8 Å². The fourth-order valence-electron chi connectivity index (χ4n) is 0.742. The van der Waals surface area contributed by atoms with Crippen molar-refractivity contribution in [3.8, 4) is 5.88 Å². The Kier molecular flexibility index (Phi) is 3.28. The molecule has 0 fully saturated rings. The monoisotopic (exact) mass is 283 g/mol. The van der Waals surface area contributed by atoms with Crippen molar-refractivity contribution in [1.29, 1.82) is 0 Å². The van der Waals surface area contributed by atoms with Crippen LogP contribution in [0.4, 0.5) is 13.2 Å². The predicted octanol–water partition coefficient (Wildman–Crippen LogP) is 3.56. The normalized spacial score (nSPS) is 12.7. The van der Waals surface area contributed by atoms with Crippen LogP contribution < -0.4 is 4.74 Å². The van der Waals surface area contributed by atoms with E-state index in [0.717, 1.165) is 13.8 Å². The van der Waals surface area contributed by atoms with Crippen molar-refractivity contribution in [2.75, 3.05) is 0 Å². The molecule has 1 rings (SSSR count). The molecule has 15 heavy (non-hydrogen) atoms. The molecule has 0 aliphatic carbocycles. The molecule has 0 atom stereocenters. The third-order valence-electron chi connectivity index (χ3n) is 1.74. The molecule has 84 valence electrons. The van der Waals surface area contributed by atoms with E-state index < -0.39 is 11.8 Å². The van der Waals surface area contributed by atoms with Gasteiger partial charge in [-0.3, -0.25) is 0 Å². The highest BCUT2D eigenvalue weighted by Gasteiger charge is 2.50. The molecule has 0 unspecified atom stereocenters. The first-order valence-electron chi connectivity index (χ1n) is 4.10. The molecule has 1 aromatic heterocycles. The van der Waals surface area contributed by atoms with Crippen molar-refractivity contribution >= 4 is 15.9 Å². The largest absolute Gasteiger partial charge is 0.462 e. The number of alkyl halides is 3. The fourth-order valence-corrected chi connectivity index (χ4v) is 0.976. The maximum Gasteiger partial charge on any atom is 0.427 e. The highest BCUT2D eigenvalue weighted by Crippen LogP contribution is 2.33. The topological polar surface area (TPSA) is 22.1 Å². The number of halogens is 4. The molecule has 1 heterocycles. The van der Waals surface area contributed by atoms with E-state index in [4.69, 9.17) is 4.74 Å². The summed E-state index contributed by atoms with van der Waals surface area (Å²) in [5, 5.41) is 0. The van der Waals surface area contributed by atoms with E-state index in [1.165, 1.54) is 12.3 Å². The third-order valence-corrected chi connectivity index (χ3v) is 2.21. The molecule has 0 bridgehead atoms. The van der Waals surface area contributed by atoms with Crippen LogP contribution in [0, 0.1) is 0 Å². The number of nitrogens with zero attached hydrogens (tertiary/aromatic N) is 1. The van der Waals surface area contributed by atoms with Crippen LogP contribution in [0.1, 0.15) is 13.8 Å². The molecule has 0 aliphatic heterocycles. The van der Waals surface area contributed by atoms with Crippen molar-refractivity contribution in [1.82, 2.24) is 4.98 Å². The molecule has 0 spiro atoms. The Balaban J connectivity index is 2.82. The Bertz CT molecular complexity index is 334. The second-order valence-corrected chi connectivity index (χ2v) is 4.34. The number of ether oxygens (including phenoxy) is 1. The van der Waals surface area contributed by atoms with E-state index >= 15 is 0 Å². The maximum atomic E-state index is 12.4. The van der Waals surface area contributed by atoms with Gasteiger partial charge in [0.1, 0.15) is 0 Å². The van der Waals surface area contributed by atoms with Gasteiger partial charge in [-0.15, -0.1) is 0 Å². The molecule has 0 aliphatic rings. The quantitative estimate of drug-likeness (QED) is 0.828. The summed E-state index contributed by atoms with van der Waals surface area (Å²) in [4.78, 5) is 3.71. The molecule has 1 aromatic rings. The Morgan fingerprint density at radius 3 is 2.27 bits per heavy atom. The number of hydrogen-bond acceptors (Lipinski definition) is 2. The molecular formula is C9H9BrF3NO. The minimum Gasteiger partial charge on any atom is -0.462 e. The number of hydrogen-bond donors (Lipinski definition) is 0. The lowest BCUT2D eigenvalue weighted by atomic mass is 10.1. The number of pyridine rings is 1.